The lowest BCUT2D eigenvalue weighted by Crippen LogP contribution is -2.33. The molecule has 0 aliphatic rings. The molecule has 1 amide bonds. The molecule has 0 spiro atoms. The summed E-state index contributed by atoms with van der Waals surface area (Å²) in [5.41, 5.74) is 1.14. The lowest BCUT2D eigenvalue weighted by Gasteiger charge is -2.21. The molecule has 0 radical (unpaired) electrons. The smallest absolute Gasteiger partial charge is 0.340 e. The second-order valence-electron chi connectivity index (χ2n) is 6.23. The summed E-state index contributed by atoms with van der Waals surface area (Å²) < 4.78 is 5.03. The van der Waals surface area contributed by atoms with Crippen molar-refractivity contribution in [2.75, 3.05) is 6.61 Å². The third-order valence-corrected chi connectivity index (χ3v) is 4.30. The molecule has 0 saturated heterocycles. The number of carbonyl (C=O) groups excluding carboxylic acids is 2. The number of aromatic nitrogens is 1. The Balaban J connectivity index is 1.95. The van der Waals surface area contributed by atoms with E-state index < -0.39 is 5.97 Å². The van der Waals surface area contributed by atoms with Crippen LogP contribution < -0.4 is 5.32 Å². The van der Waals surface area contributed by atoms with E-state index in [1.165, 1.54) is 12.3 Å². The van der Waals surface area contributed by atoms with Gasteiger partial charge in [0.25, 0.3) is 5.91 Å². The van der Waals surface area contributed by atoms with Gasteiger partial charge < -0.3 is 10.1 Å². The van der Waals surface area contributed by atoms with Gasteiger partial charge in [-0.1, -0.05) is 67.4 Å². The first-order valence-electron chi connectivity index (χ1n) is 8.19. The number of ether oxygens (including phenoxy) is 1. The number of carbonyl (C=O) groups is 2. The van der Waals surface area contributed by atoms with Crippen molar-refractivity contribution >= 4 is 35.1 Å². The third kappa shape index (κ3) is 6.00. The van der Waals surface area contributed by atoms with Gasteiger partial charge in [0.1, 0.15) is 5.15 Å². The summed E-state index contributed by atoms with van der Waals surface area (Å²) in [6.45, 7) is 3.78. The van der Waals surface area contributed by atoms with Gasteiger partial charge in [0.05, 0.1) is 16.6 Å². The Bertz CT molecular complexity index is 767. The van der Waals surface area contributed by atoms with E-state index in [-0.39, 0.29) is 34.3 Å². The van der Waals surface area contributed by atoms with Crippen LogP contribution in [-0.2, 0) is 9.53 Å². The number of pyridine rings is 1. The highest BCUT2D eigenvalue weighted by Crippen LogP contribution is 2.21. The molecule has 0 saturated carbocycles. The molecule has 1 heterocycles. The minimum atomic E-state index is -0.689. The number of esters is 1. The van der Waals surface area contributed by atoms with Crippen molar-refractivity contribution in [3.63, 3.8) is 0 Å². The predicted molar refractivity (Wildman–Crippen MR) is 101 cm³/mol. The fraction of sp³-hybridized carbons (Fsp3) is 0.316. The summed E-state index contributed by atoms with van der Waals surface area (Å²) in [7, 11) is 0. The van der Waals surface area contributed by atoms with Crippen LogP contribution in [0.3, 0.4) is 0 Å². The second-order valence-corrected chi connectivity index (χ2v) is 7.00. The van der Waals surface area contributed by atoms with Crippen LogP contribution >= 0.6 is 23.2 Å². The topological polar surface area (TPSA) is 68.3 Å². The predicted octanol–water partition coefficient (Wildman–Crippen LogP) is 4.45. The van der Waals surface area contributed by atoms with Crippen molar-refractivity contribution in [3.05, 3.63) is 63.9 Å². The van der Waals surface area contributed by atoms with Gasteiger partial charge in [-0.05, 0) is 24.0 Å². The second kappa shape index (κ2) is 9.55. The van der Waals surface area contributed by atoms with Gasteiger partial charge >= 0.3 is 5.97 Å². The maximum Gasteiger partial charge on any atom is 0.340 e. The Hall–Kier alpha value is -2.11. The first kappa shape index (κ1) is 20.2. The molecule has 0 aliphatic carbocycles. The monoisotopic (exact) mass is 394 g/mol. The van der Waals surface area contributed by atoms with Gasteiger partial charge in [-0.3, -0.25) is 4.79 Å². The molecular weight excluding hydrogens is 375 g/mol. The van der Waals surface area contributed by atoms with E-state index in [4.69, 9.17) is 27.9 Å². The summed E-state index contributed by atoms with van der Waals surface area (Å²) in [5.74, 6) is -0.669. The van der Waals surface area contributed by atoms with E-state index in [2.05, 4.69) is 24.1 Å². The fourth-order valence-electron chi connectivity index (χ4n) is 2.42. The quantitative estimate of drug-likeness (QED) is 0.556. The molecule has 138 valence electrons. The molecule has 1 N–H and O–H groups in total. The molecule has 1 unspecified atom stereocenters. The highest BCUT2D eigenvalue weighted by atomic mass is 35.5. The Morgan fingerprint density at radius 1 is 1.19 bits per heavy atom. The standard InChI is InChI=1S/C19H20Cl2N2O3/c1-12(2)8-16(13-6-4-3-5-7-13)23-17(24)11-26-19(25)14-9-15(20)18(21)22-10-14/h3-7,9-10,12,16H,8,11H2,1-2H3,(H,23,24). The van der Waals surface area contributed by atoms with Gasteiger partial charge in [-0.2, -0.15) is 0 Å². The van der Waals surface area contributed by atoms with Crippen LogP contribution in [0.15, 0.2) is 42.6 Å². The normalized spacial score (nSPS) is 11.9. The number of halogens is 2. The van der Waals surface area contributed by atoms with Crippen molar-refractivity contribution in [1.29, 1.82) is 0 Å². The van der Waals surface area contributed by atoms with E-state index >= 15 is 0 Å². The molecule has 2 rings (SSSR count). The Kier molecular flexibility index (Phi) is 7.42. The molecule has 1 aromatic carbocycles. The van der Waals surface area contributed by atoms with E-state index in [1.807, 2.05) is 30.3 Å². The minimum Gasteiger partial charge on any atom is -0.452 e. The number of benzene rings is 1. The number of hydrogen-bond acceptors (Lipinski definition) is 4. The van der Waals surface area contributed by atoms with Crippen molar-refractivity contribution in [2.45, 2.75) is 26.3 Å². The Labute approximate surface area is 162 Å². The average Bonchev–Trinajstić information content (AvgIpc) is 2.62. The first-order chi connectivity index (χ1) is 12.4. The number of rotatable bonds is 7. The average molecular weight is 395 g/mol. The summed E-state index contributed by atoms with van der Waals surface area (Å²) in [4.78, 5) is 28.0. The summed E-state index contributed by atoms with van der Waals surface area (Å²) in [6, 6.07) is 10.9. The van der Waals surface area contributed by atoms with Crippen LogP contribution in [0.4, 0.5) is 0 Å². The van der Waals surface area contributed by atoms with E-state index in [0.717, 1.165) is 12.0 Å². The van der Waals surface area contributed by atoms with Crippen LogP contribution in [0.25, 0.3) is 0 Å². The third-order valence-electron chi connectivity index (χ3n) is 3.61. The van der Waals surface area contributed by atoms with Gasteiger partial charge in [-0.25, -0.2) is 9.78 Å². The zero-order valence-electron chi connectivity index (χ0n) is 14.5. The molecule has 2 aromatic rings. The van der Waals surface area contributed by atoms with Crippen LogP contribution in [0, 0.1) is 5.92 Å². The largest absolute Gasteiger partial charge is 0.452 e. The SMILES string of the molecule is CC(C)CC(NC(=O)COC(=O)c1cnc(Cl)c(Cl)c1)c1ccccc1. The van der Waals surface area contributed by atoms with Crippen molar-refractivity contribution in [3.8, 4) is 0 Å². The van der Waals surface area contributed by atoms with Gasteiger partial charge in [-0.15, -0.1) is 0 Å². The number of amides is 1. The van der Waals surface area contributed by atoms with Gasteiger partial charge in [0.2, 0.25) is 0 Å². The highest BCUT2D eigenvalue weighted by Gasteiger charge is 2.18. The fourth-order valence-corrected chi connectivity index (χ4v) is 2.69. The number of hydrogen-bond donors (Lipinski definition) is 1. The van der Waals surface area contributed by atoms with Crippen molar-refractivity contribution in [1.82, 2.24) is 10.3 Å². The Morgan fingerprint density at radius 3 is 2.50 bits per heavy atom. The molecule has 0 fully saturated rings. The molecule has 5 nitrogen and oxygen atoms in total. The van der Waals surface area contributed by atoms with E-state index in [9.17, 15) is 9.59 Å². The molecule has 0 bridgehead atoms. The minimum absolute atomic E-state index is 0.0975. The molecule has 1 aromatic heterocycles. The summed E-state index contributed by atoms with van der Waals surface area (Å²) in [5, 5.41) is 3.16. The zero-order valence-corrected chi connectivity index (χ0v) is 16.1. The Morgan fingerprint density at radius 2 is 1.88 bits per heavy atom. The molecule has 26 heavy (non-hydrogen) atoms. The summed E-state index contributed by atoms with van der Waals surface area (Å²) >= 11 is 11.5. The van der Waals surface area contributed by atoms with E-state index in [1.54, 1.807) is 0 Å². The zero-order chi connectivity index (χ0) is 19.1. The number of nitrogens with zero attached hydrogens (tertiary/aromatic N) is 1. The summed E-state index contributed by atoms with van der Waals surface area (Å²) in [6.07, 6.45) is 2.03. The molecular formula is C19H20Cl2N2O3. The van der Waals surface area contributed by atoms with Gasteiger partial charge in [0, 0.05) is 6.20 Å². The van der Waals surface area contributed by atoms with Crippen molar-refractivity contribution in [2.24, 2.45) is 5.92 Å². The first-order valence-corrected chi connectivity index (χ1v) is 8.95. The lowest BCUT2D eigenvalue weighted by molar-refractivity contribution is -0.125. The maximum absolute atomic E-state index is 12.2. The number of nitrogens with one attached hydrogen (secondary N) is 1. The van der Waals surface area contributed by atoms with Crippen LogP contribution in [0.5, 0.6) is 0 Å². The van der Waals surface area contributed by atoms with Crippen LogP contribution in [0.1, 0.15) is 42.2 Å². The van der Waals surface area contributed by atoms with Crippen LogP contribution in [0.2, 0.25) is 10.2 Å². The van der Waals surface area contributed by atoms with Crippen molar-refractivity contribution < 1.29 is 14.3 Å². The highest BCUT2D eigenvalue weighted by molar-refractivity contribution is 6.41. The maximum atomic E-state index is 12.2. The van der Waals surface area contributed by atoms with Crippen LogP contribution in [-0.4, -0.2) is 23.5 Å². The lowest BCUT2D eigenvalue weighted by atomic mass is 9.97. The molecule has 7 heteroatoms. The molecule has 1 atom stereocenters. The van der Waals surface area contributed by atoms with E-state index in [0.29, 0.717) is 5.92 Å². The van der Waals surface area contributed by atoms with Gasteiger partial charge in [0.15, 0.2) is 6.61 Å². The molecule has 0 aliphatic heterocycles.